The number of likely N-dealkylation sites (tertiary alicyclic amines) is 1. The Labute approximate surface area is 226 Å². The average molecular weight is 532 g/mol. The lowest BCUT2D eigenvalue weighted by molar-refractivity contribution is -0.143. The highest BCUT2D eigenvalue weighted by Crippen LogP contribution is 2.37. The van der Waals surface area contributed by atoms with E-state index in [1.165, 1.54) is 0 Å². The average Bonchev–Trinajstić information content (AvgIpc) is 2.85. The van der Waals surface area contributed by atoms with E-state index in [1.54, 1.807) is 4.90 Å². The highest BCUT2D eigenvalue weighted by molar-refractivity contribution is 5.94. The number of hydrogen-bond donors (Lipinski definition) is 3. The molecule has 1 aromatic rings. The smallest absolute Gasteiger partial charge is 0.410 e. The quantitative estimate of drug-likeness (QED) is 0.417. The number of nitrogens with zero attached hydrogens (tertiary/aromatic N) is 1. The van der Waals surface area contributed by atoms with E-state index in [4.69, 9.17) is 4.74 Å². The summed E-state index contributed by atoms with van der Waals surface area (Å²) in [7, 11) is 0. The Kier molecular flexibility index (Phi) is 10.7. The van der Waals surface area contributed by atoms with Crippen molar-refractivity contribution in [3.63, 3.8) is 0 Å². The van der Waals surface area contributed by atoms with Crippen LogP contribution in [0.15, 0.2) is 30.3 Å². The molecule has 38 heavy (non-hydrogen) atoms. The normalized spacial score (nSPS) is 17.7. The van der Waals surface area contributed by atoms with Crippen LogP contribution in [0.2, 0.25) is 0 Å². The molecule has 1 aromatic carbocycles. The summed E-state index contributed by atoms with van der Waals surface area (Å²) >= 11 is 0. The molecular weight excluding hydrogens is 486 g/mol. The highest BCUT2D eigenvalue weighted by atomic mass is 16.6. The van der Waals surface area contributed by atoms with Gasteiger partial charge >= 0.3 is 12.1 Å². The van der Waals surface area contributed by atoms with E-state index in [0.717, 1.165) is 5.56 Å². The van der Waals surface area contributed by atoms with Gasteiger partial charge in [-0.3, -0.25) is 9.59 Å². The van der Waals surface area contributed by atoms with E-state index in [9.17, 15) is 24.3 Å². The number of ether oxygens (including phenoxy) is 1. The summed E-state index contributed by atoms with van der Waals surface area (Å²) in [6.45, 7) is 13.7. The van der Waals surface area contributed by atoms with Gasteiger partial charge in [-0.1, -0.05) is 64.4 Å². The van der Waals surface area contributed by atoms with Gasteiger partial charge in [-0.2, -0.15) is 0 Å². The number of amides is 3. The van der Waals surface area contributed by atoms with Crippen molar-refractivity contribution in [1.29, 1.82) is 0 Å². The van der Waals surface area contributed by atoms with Crippen molar-refractivity contribution in [2.75, 3.05) is 13.1 Å². The van der Waals surface area contributed by atoms with Gasteiger partial charge in [0, 0.05) is 13.1 Å². The SMILES string of the molecule is CCC(C)C(NC(=O)C1(c2ccccc2)CCN(C(=O)OC(C)(C)C)CC1)C(=O)NC(CC(C)C)C(=O)O. The van der Waals surface area contributed by atoms with Crippen molar-refractivity contribution in [3.8, 4) is 0 Å². The fourth-order valence-electron chi connectivity index (χ4n) is 4.74. The number of nitrogens with one attached hydrogen (secondary N) is 2. The second-order valence-electron chi connectivity index (χ2n) is 11.8. The fraction of sp³-hybridized carbons (Fsp3) is 0.655. The number of carbonyl (C=O) groups excluding carboxylic acids is 3. The second-order valence-corrected chi connectivity index (χ2v) is 11.8. The van der Waals surface area contributed by atoms with Crippen LogP contribution in [0.3, 0.4) is 0 Å². The van der Waals surface area contributed by atoms with Gasteiger partial charge < -0.3 is 25.4 Å². The molecule has 3 amide bonds. The Morgan fingerprint density at radius 2 is 1.61 bits per heavy atom. The summed E-state index contributed by atoms with van der Waals surface area (Å²) < 4.78 is 5.52. The van der Waals surface area contributed by atoms with Crippen molar-refractivity contribution >= 4 is 23.9 Å². The third-order valence-corrected chi connectivity index (χ3v) is 7.13. The molecule has 1 saturated heterocycles. The van der Waals surface area contributed by atoms with Crippen molar-refractivity contribution in [2.24, 2.45) is 11.8 Å². The number of carboxylic acid groups (broad SMARTS) is 1. The first-order valence-electron chi connectivity index (χ1n) is 13.6. The number of piperidine rings is 1. The van der Waals surface area contributed by atoms with Crippen LogP contribution in [-0.2, 0) is 24.5 Å². The largest absolute Gasteiger partial charge is 0.480 e. The Bertz CT molecular complexity index is 964. The van der Waals surface area contributed by atoms with Crippen LogP contribution in [0.4, 0.5) is 4.79 Å². The third kappa shape index (κ3) is 8.20. The molecule has 2 rings (SSSR count). The zero-order chi connectivity index (χ0) is 28.7. The third-order valence-electron chi connectivity index (χ3n) is 7.13. The molecule has 0 spiro atoms. The van der Waals surface area contributed by atoms with Crippen LogP contribution in [0.25, 0.3) is 0 Å². The molecule has 3 N–H and O–H groups in total. The van der Waals surface area contributed by atoms with E-state index in [2.05, 4.69) is 10.6 Å². The monoisotopic (exact) mass is 531 g/mol. The van der Waals surface area contributed by atoms with Gasteiger partial charge in [0.1, 0.15) is 17.7 Å². The van der Waals surface area contributed by atoms with Gasteiger partial charge in [-0.15, -0.1) is 0 Å². The van der Waals surface area contributed by atoms with Crippen LogP contribution >= 0.6 is 0 Å². The molecule has 9 heteroatoms. The van der Waals surface area contributed by atoms with Crippen molar-refractivity contribution < 1.29 is 29.0 Å². The topological polar surface area (TPSA) is 125 Å². The summed E-state index contributed by atoms with van der Waals surface area (Å²) in [5, 5.41) is 15.2. The molecule has 0 bridgehead atoms. The number of rotatable bonds is 10. The molecule has 1 fully saturated rings. The first kappa shape index (κ1) is 31.1. The molecule has 0 radical (unpaired) electrons. The standard InChI is InChI=1S/C29H45N3O6/c1-8-20(4)23(24(33)30-22(25(34)35)18-19(2)3)31-26(36)29(21-12-10-9-11-13-21)14-16-32(17-15-29)27(37)38-28(5,6)7/h9-13,19-20,22-23H,8,14-18H2,1-7H3,(H,30,33)(H,31,36)(H,34,35). The number of carbonyl (C=O) groups is 4. The maximum Gasteiger partial charge on any atom is 0.410 e. The van der Waals surface area contributed by atoms with Gasteiger partial charge in [-0.05, 0) is 57.4 Å². The minimum absolute atomic E-state index is 0.0737. The van der Waals surface area contributed by atoms with Gasteiger partial charge in [-0.25, -0.2) is 9.59 Å². The maximum absolute atomic E-state index is 14.0. The van der Waals surface area contributed by atoms with Gasteiger partial charge in [0.15, 0.2) is 0 Å². The van der Waals surface area contributed by atoms with E-state index in [0.29, 0.717) is 32.4 Å². The minimum atomic E-state index is -1.10. The van der Waals surface area contributed by atoms with Gasteiger partial charge in [0.2, 0.25) is 11.8 Å². The highest BCUT2D eigenvalue weighted by Gasteiger charge is 2.46. The lowest BCUT2D eigenvalue weighted by Gasteiger charge is -2.42. The van der Waals surface area contributed by atoms with Gasteiger partial charge in [0.05, 0.1) is 5.41 Å². The number of benzene rings is 1. The summed E-state index contributed by atoms with van der Waals surface area (Å²) in [5.74, 6) is -2.05. The van der Waals surface area contributed by atoms with E-state index < -0.39 is 41.1 Å². The summed E-state index contributed by atoms with van der Waals surface area (Å²) in [6.07, 6.45) is 1.22. The van der Waals surface area contributed by atoms with Crippen LogP contribution in [-0.4, -0.2) is 64.7 Å². The van der Waals surface area contributed by atoms with Crippen LogP contribution < -0.4 is 10.6 Å². The number of carboxylic acids is 1. The Morgan fingerprint density at radius 1 is 1.03 bits per heavy atom. The molecule has 1 aliphatic rings. The fourth-order valence-corrected chi connectivity index (χ4v) is 4.74. The molecular formula is C29H45N3O6. The molecule has 9 nitrogen and oxygen atoms in total. The first-order valence-corrected chi connectivity index (χ1v) is 13.6. The minimum Gasteiger partial charge on any atom is -0.480 e. The van der Waals surface area contributed by atoms with Crippen molar-refractivity contribution in [1.82, 2.24) is 15.5 Å². The molecule has 0 saturated carbocycles. The molecule has 1 aliphatic heterocycles. The summed E-state index contributed by atoms with van der Waals surface area (Å²) in [6, 6.07) is 7.46. The van der Waals surface area contributed by atoms with Crippen LogP contribution in [0, 0.1) is 11.8 Å². The van der Waals surface area contributed by atoms with Crippen LogP contribution in [0.5, 0.6) is 0 Å². The molecule has 0 aromatic heterocycles. The Balaban J connectivity index is 2.30. The lowest BCUT2D eigenvalue weighted by atomic mass is 9.71. The van der Waals surface area contributed by atoms with Crippen molar-refractivity contribution in [2.45, 2.75) is 97.2 Å². The van der Waals surface area contributed by atoms with Gasteiger partial charge in [0.25, 0.3) is 0 Å². The van der Waals surface area contributed by atoms with Crippen LogP contribution in [0.1, 0.15) is 79.7 Å². The maximum atomic E-state index is 14.0. The number of hydrogen-bond acceptors (Lipinski definition) is 5. The number of aliphatic carboxylic acids is 1. The Hall–Kier alpha value is -3.10. The summed E-state index contributed by atoms with van der Waals surface area (Å²) in [4.78, 5) is 53.4. The predicted molar refractivity (Wildman–Crippen MR) is 146 cm³/mol. The lowest BCUT2D eigenvalue weighted by Crippen LogP contribution is -2.59. The predicted octanol–water partition coefficient (Wildman–Crippen LogP) is 4.10. The molecule has 1 heterocycles. The zero-order valence-electron chi connectivity index (χ0n) is 23.9. The first-order chi connectivity index (χ1) is 17.7. The van der Waals surface area contributed by atoms with Crippen molar-refractivity contribution in [3.05, 3.63) is 35.9 Å². The molecule has 3 unspecified atom stereocenters. The zero-order valence-corrected chi connectivity index (χ0v) is 23.9. The van der Waals surface area contributed by atoms with E-state index in [1.807, 2.05) is 78.8 Å². The molecule has 0 aliphatic carbocycles. The molecule has 3 atom stereocenters. The molecule has 212 valence electrons. The summed E-state index contributed by atoms with van der Waals surface area (Å²) in [5.41, 5.74) is -0.758. The second kappa shape index (κ2) is 13.1. The Morgan fingerprint density at radius 3 is 2.08 bits per heavy atom. The van der Waals surface area contributed by atoms with E-state index >= 15 is 0 Å². The van der Waals surface area contributed by atoms with E-state index in [-0.39, 0.29) is 24.2 Å².